The van der Waals surface area contributed by atoms with E-state index < -0.39 is 0 Å². The quantitative estimate of drug-likeness (QED) is 0.611. The largest absolute Gasteiger partial charge is 0.204 e. The van der Waals surface area contributed by atoms with Crippen molar-refractivity contribution in [2.45, 2.75) is 13.8 Å². The van der Waals surface area contributed by atoms with Crippen LogP contribution in [0.4, 0.5) is 8.78 Å². The SMILES string of the molecule is Cc1sc2c(F)c(C)sc2c1F. The molecule has 0 atom stereocenters. The molecule has 0 nitrogen and oxygen atoms in total. The summed E-state index contributed by atoms with van der Waals surface area (Å²) < 4.78 is 27.3. The molecule has 2 heterocycles. The van der Waals surface area contributed by atoms with E-state index in [0.717, 1.165) is 0 Å². The summed E-state index contributed by atoms with van der Waals surface area (Å²) in [5, 5.41) is 0. The van der Waals surface area contributed by atoms with Crippen LogP contribution < -0.4 is 0 Å². The molecule has 0 amide bonds. The average molecular weight is 204 g/mol. The van der Waals surface area contributed by atoms with Gasteiger partial charge in [-0.3, -0.25) is 0 Å². The zero-order valence-corrected chi connectivity index (χ0v) is 8.21. The number of thiophene rings is 2. The van der Waals surface area contributed by atoms with Gasteiger partial charge in [0.2, 0.25) is 0 Å². The Morgan fingerprint density at radius 3 is 1.50 bits per heavy atom. The van der Waals surface area contributed by atoms with Crippen molar-refractivity contribution in [2.75, 3.05) is 0 Å². The molecular weight excluding hydrogens is 198 g/mol. The van der Waals surface area contributed by atoms with E-state index in [-0.39, 0.29) is 11.6 Å². The van der Waals surface area contributed by atoms with Crippen molar-refractivity contribution in [2.24, 2.45) is 0 Å². The minimum atomic E-state index is -0.257. The van der Waals surface area contributed by atoms with Crippen LogP contribution in [0.25, 0.3) is 9.40 Å². The van der Waals surface area contributed by atoms with E-state index in [9.17, 15) is 8.78 Å². The smallest absolute Gasteiger partial charge is 0.154 e. The van der Waals surface area contributed by atoms with Crippen LogP contribution in [0, 0.1) is 25.5 Å². The van der Waals surface area contributed by atoms with Gasteiger partial charge >= 0.3 is 0 Å². The average Bonchev–Trinajstić information content (AvgIpc) is 2.43. The number of hydrogen-bond acceptors (Lipinski definition) is 2. The summed E-state index contributed by atoms with van der Waals surface area (Å²) in [6.07, 6.45) is 0. The van der Waals surface area contributed by atoms with Crippen LogP contribution in [-0.2, 0) is 0 Å². The molecule has 2 aromatic heterocycles. The predicted molar refractivity (Wildman–Crippen MR) is 49.1 cm³/mol. The fourth-order valence-corrected chi connectivity index (χ4v) is 3.32. The van der Waals surface area contributed by atoms with Gasteiger partial charge in [-0.2, -0.15) is 0 Å². The van der Waals surface area contributed by atoms with Crippen molar-refractivity contribution >= 4 is 32.1 Å². The Kier molecular flexibility index (Phi) is 1.70. The maximum atomic E-state index is 13.2. The van der Waals surface area contributed by atoms with E-state index in [1.165, 1.54) is 22.7 Å². The van der Waals surface area contributed by atoms with Crippen LogP contribution in [0.3, 0.4) is 0 Å². The molecule has 2 rings (SSSR count). The first-order valence-corrected chi connectivity index (χ1v) is 5.08. The normalized spacial score (nSPS) is 11.3. The van der Waals surface area contributed by atoms with Crippen LogP contribution in [0.15, 0.2) is 0 Å². The van der Waals surface area contributed by atoms with E-state index in [1.807, 2.05) is 0 Å². The van der Waals surface area contributed by atoms with Gasteiger partial charge in [-0.1, -0.05) is 0 Å². The van der Waals surface area contributed by atoms with Gasteiger partial charge in [0, 0.05) is 9.75 Å². The topological polar surface area (TPSA) is 0 Å². The Hall–Kier alpha value is -0.480. The molecule has 0 aliphatic heterocycles. The lowest BCUT2D eigenvalue weighted by atomic mass is 10.4. The van der Waals surface area contributed by atoms with Crippen molar-refractivity contribution in [1.29, 1.82) is 0 Å². The van der Waals surface area contributed by atoms with E-state index in [4.69, 9.17) is 0 Å². The standard InChI is InChI=1S/C8H6F2S2/c1-3-5(9)7-8(11-3)6(10)4(2)12-7/h1-2H3. The number of fused-ring (bicyclic) bond motifs is 1. The Balaban J connectivity index is 2.93. The lowest BCUT2D eigenvalue weighted by molar-refractivity contribution is 0.633. The van der Waals surface area contributed by atoms with E-state index in [0.29, 0.717) is 19.2 Å². The highest BCUT2D eigenvalue weighted by molar-refractivity contribution is 7.27. The molecule has 0 N–H and O–H groups in total. The molecule has 0 aliphatic carbocycles. The molecule has 0 saturated carbocycles. The summed E-state index contributed by atoms with van der Waals surface area (Å²) in [7, 11) is 0. The molecule has 0 bridgehead atoms. The zero-order valence-electron chi connectivity index (χ0n) is 6.57. The molecule has 0 unspecified atom stereocenters. The lowest BCUT2D eigenvalue weighted by Crippen LogP contribution is -1.66. The van der Waals surface area contributed by atoms with Crippen LogP contribution in [0.5, 0.6) is 0 Å². The summed E-state index contributed by atoms with van der Waals surface area (Å²) in [4.78, 5) is 1.13. The first-order chi connectivity index (χ1) is 5.61. The van der Waals surface area contributed by atoms with Crippen molar-refractivity contribution in [3.05, 3.63) is 21.4 Å². The fraction of sp³-hybridized carbons (Fsp3) is 0.250. The van der Waals surface area contributed by atoms with Crippen LogP contribution >= 0.6 is 22.7 Å². The summed E-state index contributed by atoms with van der Waals surface area (Å²) in [6, 6.07) is 0. The maximum absolute atomic E-state index is 13.2. The van der Waals surface area contributed by atoms with Gasteiger partial charge in [0.05, 0.1) is 9.40 Å². The van der Waals surface area contributed by atoms with Crippen LogP contribution in [0.2, 0.25) is 0 Å². The van der Waals surface area contributed by atoms with Gasteiger partial charge in [0.15, 0.2) is 11.6 Å². The Morgan fingerprint density at radius 2 is 1.17 bits per heavy atom. The second-order valence-corrected chi connectivity index (χ2v) is 5.05. The molecule has 0 aromatic carbocycles. The molecule has 0 radical (unpaired) electrons. The molecule has 2 aromatic rings. The summed E-state index contributed by atoms with van der Waals surface area (Å²) in [5.41, 5.74) is 0. The zero-order chi connectivity index (χ0) is 8.88. The highest BCUT2D eigenvalue weighted by Crippen LogP contribution is 2.38. The van der Waals surface area contributed by atoms with Gasteiger partial charge in [-0.25, -0.2) is 8.78 Å². The molecule has 0 spiro atoms. The minimum Gasteiger partial charge on any atom is -0.204 e. The number of aryl methyl sites for hydroxylation is 2. The number of hydrogen-bond donors (Lipinski definition) is 0. The predicted octanol–water partition coefficient (Wildman–Crippen LogP) is 3.86. The Morgan fingerprint density at radius 1 is 0.833 bits per heavy atom. The van der Waals surface area contributed by atoms with E-state index in [1.54, 1.807) is 13.8 Å². The first kappa shape index (κ1) is 8.13. The fourth-order valence-electron chi connectivity index (χ4n) is 1.10. The monoisotopic (exact) mass is 204 g/mol. The summed E-state index contributed by atoms with van der Waals surface area (Å²) >= 11 is 2.37. The van der Waals surface area contributed by atoms with Gasteiger partial charge in [0.1, 0.15) is 0 Å². The molecule has 0 aliphatic rings. The number of rotatable bonds is 0. The second kappa shape index (κ2) is 2.50. The molecule has 64 valence electrons. The Bertz CT molecular complexity index is 397. The minimum absolute atomic E-state index is 0.257. The molecule has 0 fully saturated rings. The van der Waals surface area contributed by atoms with Gasteiger partial charge in [-0.05, 0) is 13.8 Å². The van der Waals surface area contributed by atoms with E-state index >= 15 is 0 Å². The third-order valence-electron chi connectivity index (χ3n) is 1.73. The van der Waals surface area contributed by atoms with Crippen molar-refractivity contribution in [3.8, 4) is 0 Å². The van der Waals surface area contributed by atoms with Crippen molar-refractivity contribution < 1.29 is 8.78 Å². The Labute approximate surface area is 76.5 Å². The van der Waals surface area contributed by atoms with Gasteiger partial charge < -0.3 is 0 Å². The lowest BCUT2D eigenvalue weighted by Gasteiger charge is -1.82. The molecular formula is C8H6F2S2. The van der Waals surface area contributed by atoms with Gasteiger partial charge in [0.25, 0.3) is 0 Å². The van der Waals surface area contributed by atoms with E-state index in [2.05, 4.69) is 0 Å². The number of halogens is 2. The highest BCUT2D eigenvalue weighted by atomic mass is 32.1. The van der Waals surface area contributed by atoms with Crippen molar-refractivity contribution in [3.63, 3.8) is 0 Å². The molecule has 4 heteroatoms. The summed E-state index contributed by atoms with van der Waals surface area (Å²) in [5.74, 6) is -0.515. The summed E-state index contributed by atoms with van der Waals surface area (Å²) in [6.45, 7) is 3.34. The van der Waals surface area contributed by atoms with Gasteiger partial charge in [-0.15, -0.1) is 22.7 Å². The maximum Gasteiger partial charge on any atom is 0.154 e. The molecule has 0 saturated heterocycles. The third kappa shape index (κ3) is 0.912. The third-order valence-corrected chi connectivity index (χ3v) is 4.01. The van der Waals surface area contributed by atoms with Crippen LogP contribution in [0.1, 0.15) is 9.75 Å². The van der Waals surface area contributed by atoms with Crippen LogP contribution in [-0.4, -0.2) is 0 Å². The molecule has 12 heavy (non-hydrogen) atoms. The first-order valence-electron chi connectivity index (χ1n) is 3.44. The second-order valence-electron chi connectivity index (χ2n) is 2.60. The highest BCUT2D eigenvalue weighted by Gasteiger charge is 2.16. The van der Waals surface area contributed by atoms with Crippen molar-refractivity contribution in [1.82, 2.24) is 0 Å².